The van der Waals surface area contributed by atoms with Crippen molar-refractivity contribution in [1.82, 2.24) is 9.97 Å². The topological polar surface area (TPSA) is 102 Å². The quantitative estimate of drug-likeness (QED) is 0.622. The van der Waals surface area contributed by atoms with E-state index in [2.05, 4.69) is 20.6 Å². The summed E-state index contributed by atoms with van der Waals surface area (Å²) in [7, 11) is 1.64. The van der Waals surface area contributed by atoms with Crippen LogP contribution in [-0.4, -0.2) is 28.5 Å². The molecule has 0 saturated heterocycles. The molecule has 0 fully saturated rings. The van der Waals surface area contributed by atoms with E-state index in [1.165, 1.54) is 0 Å². The smallest absolute Gasteiger partial charge is 0.329 e. The molecule has 110 valence electrons. The van der Waals surface area contributed by atoms with Crippen molar-refractivity contribution in [3.8, 4) is 5.75 Å². The maximum absolute atomic E-state index is 11.0. The Morgan fingerprint density at radius 3 is 2.62 bits per heavy atom. The number of nitrogens with one attached hydrogen (secondary N) is 2. The van der Waals surface area contributed by atoms with Gasteiger partial charge in [-0.3, -0.25) is 10.1 Å². The van der Waals surface area contributed by atoms with Crippen molar-refractivity contribution in [2.75, 3.05) is 24.3 Å². The molecule has 8 heteroatoms. The Balaban J connectivity index is 2.26. The van der Waals surface area contributed by atoms with Crippen LogP contribution in [0.25, 0.3) is 0 Å². The van der Waals surface area contributed by atoms with E-state index in [0.29, 0.717) is 18.2 Å². The van der Waals surface area contributed by atoms with Gasteiger partial charge in [-0.05, 0) is 31.2 Å². The summed E-state index contributed by atoms with van der Waals surface area (Å²) in [5.41, 5.74) is 0.477. The van der Waals surface area contributed by atoms with E-state index in [0.717, 1.165) is 11.9 Å². The molecule has 21 heavy (non-hydrogen) atoms. The van der Waals surface area contributed by atoms with Gasteiger partial charge in [0.05, 0.1) is 11.5 Å². The minimum atomic E-state index is -0.531. The van der Waals surface area contributed by atoms with E-state index >= 15 is 0 Å². The number of ether oxygens (including phenoxy) is 1. The highest BCUT2D eigenvalue weighted by Crippen LogP contribution is 2.26. The Hall–Kier alpha value is -2.90. The van der Waals surface area contributed by atoms with Gasteiger partial charge in [0.25, 0.3) is 0 Å². The highest BCUT2D eigenvalue weighted by atomic mass is 16.6. The van der Waals surface area contributed by atoms with Gasteiger partial charge >= 0.3 is 5.69 Å². The standard InChI is InChI=1S/C13H15N5O3/c1-3-21-10-6-4-9(5-7-10)16-12-11(18(19)20)8-15-13(14-2)17-12/h4-8H,3H2,1-2H3,(H2,14,15,16,17). The van der Waals surface area contributed by atoms with Gasteiger partial charge in [-0.15, -0.1) is 0 Å². The zero-order valence-corrected chi connectivity index (χ0v) is 11.7. The third-order valence-corrected chi connectivity index (χ3v) is 2.62. The predicted molar refractivity (Wildman–Crippen MR) is 79.1 cm³/mol. The second-order valence-electron chi connectivity index (χ2n) is 4.02. The van der Waals surface area contributed by atoms with Crippen LogP contribution in [0, 0.1) is 10.1 Å². The fourth-order valence-corrected chi connectivity index (χ4v) is 1.66. The fraction of sp³-hybridized carbons (Fsp3) is 0.231. The van der Waals surface area contributed by atoms with Gasteiger partial charge in [-0.2, -0.15) is 4.98 Å². The summed E-state index contributed by atoms with van der Waals surface area (Å²) in [6.45, 7) is 2.48. The average Bonchev–Trinajstić information content (AvgIpc) is 2.49. The maximum Gasteiger partial charge on any atom is 0.329 e. The molecule has 1 aromatic carbocycles. The first-order valence-electron chi connectivity index (χ1n) is 6.33. The molecule has 1 heterocycles. The zero-order chi connectivity index (χ0) is 15.2. The van der Waals surface area contributed by atoms with Gasteiger partial charge in [0.2, 0.25) is 11.8 Å². The summed E-state index contributed by atoms with van der Waals surface area (Å²) in [6, 6.07) is 7.07. The first-order chi connectivity index (χ1) is 10.1. The molecule has 8 nitrogen and oxygen atoms in total. The summed E-state index contributed by atoms with van der Waals surface area (Å²) >= 11 is 0. The number of rotatable bonds is 6. The lowest BCUT2D eigenvalue weighted by atomic mass is 10.3. The van der Waals surface area contributed by atoms with Crippen molar-refractivity contribution < 1.29 is 9.66 Å². The zero-order valence-electron chi connectivity index (χ0n) is 11.7. The maximum atomic E-state index is 11.0. The molecule has 2 rings (SSSR count). The molecule has 0 saturated carbocycles. The minimum absolute atomic E-state index is 0.128. The molecular weight excluding hydrogens is 274 g/mol. The molecule has 1 aromatic heterocycles. The predicted octanol–water partition coefficient (Wildman–Crippen LogP) is 2.57. The monoisotopic (exact) mass is 289 g/mol. The third-order valence-electron chi connectivity index (χ3n) is 2.62. The van der Waals surface area contributed by atoms with E-state index in [1.807, 2.05) is 6.92 Å². The second-order valence-corrected chi connectivity index (χ2v) is 4.02. The molecular formula is C13H15N5O3. The van der Waals surface area contributed by atoms with E-state index in [9.17, 15) is 10.1 Å². The summed E-state index contributed by atoms with van der Waals surface area (Å²) in [5, 5.41) is 16.6. The van der Waals surface area contributed by atoms with Gasteiger partial charge in [0, 0.05) is 12.7 Å². The van der Waals surface area contributed by atoms with Crippen LogP contribution in [0.15, 0.2) is 30.5 Å². The second kappa shape index (κ2) is 6.51. The number of benzene rings is 1. The highest BCUT2D eigenvalue weighted by molar-refractivity contribution is 5.66. The van der Waals surface area contributed by atoms with Crippen molar-refractivity contribution in [2.24, 2.45) is 0 Å². The van der Waals surface area contributed by atoms with Crippen LogP contribution >= 0.6 is 0 Å². The molecule has 0 amide bonds. The largest absolute Gasteiger partial charge is 0.494 e. The Bertz CT molecular complexity index is 630. The van der Waals surface area contributed by atoms with E-state index in [1.54, 1.807) is 31.3 Å². The molecule has 0 atom stereocenters. The summed E-state index contributed by atoms with van der Waals surface area (Å²) in [5.74, 6) is 1.16. The Morgan fingerprint density at radius 1 is 1.33 bits per heavy atom. The van der Waals surface area contributed by atoms with E-state index < -0.39 is 4.92 Å². The molecule has 0 aliphatic heterocycles. The molecule has 2 aromatic rings. The third kappa shape index (κ3) is 3.56. The van der Waals surface area contributed by atoms with Gasteiger partial charge < -0.3 is 15.4 Å². The number of nitro groups is 1. The summed E-state index contributed by atoms with van der Waals surface area (Å²) < 4.78 is 5.34. The summed E-state index contributed by atoms with van der Waals surface area (Å²) in [6.07, 6.45) is 1.16. The van der Waals surface area contributed by atoms with Gasteiger partial charge in [0.1, 0.15) is 11.9 Å². The average molecular weight is 289 g/mol. The lowest BCUT2D eigenvalue weighted by Gasteiger charge is -2.08. The number of nitrogens with zero attached hydrogens (tertiary/aromatic N) is 3. The minimum Gasteiger partial charge on any atom is -0.494 e. The van der Waals surface area contributed by atoms with Crippen LogP contribution in [0.1, 0.15) is 6.92 Å². The molecule has 0 radical (unpaired) electrons. The van der Waals surface area contributed by atoms with Gasteiger partial charge in [-0.25, -0.2) is 4.98 Å². The number of aromatic nitrogens is 2. The number of hydrogen-bond acceptors (Lipinski definition) is 7. The lowest BCUT2D eigenvalue weighted by Crippen LogP contribution is -2.04. The van der Waals surface area contributed by atoms with Crippen LogP contribution in [0.2, 0.25) is 0 Å². The van der Waals surface area contributed by atoms with Crippen molar-refractivity contribution in [2.45, 2.75) is 6.92 Å². The van der Waals surface area contributed by atoms with Gasteiger partial charge in [0.15, 0.2) is 0 Å². The van der Waals surface area contributed by atoms with Crippen LogP contribution in [0.3, 0.4) is 0 Å². The molecule has 0 spiro atoms. The Morgan fingerprint density at radius 2 is 2.05 bits per heavy atom. The SMILES string of the molecule is CCOc1ccc(Nc2nc(NC)ncc2[N+](=O)[O-])cc1. The van der Waals surface area contributed by atoms with E-state index in [4.69, 9.17) is 4.74 Å². The Kier molecular flexibility index (Phi) is 4.50. The van der Waals surface area contributed by atoms with Crippen LogP contribution in [0.5, 0.6) is 5.75 Å². The van der Waals surface area contributed by atoms with Crippen molar-refractivity contribution >= 4 is 23.1 Å². The van der Waals surface area contributed by atoms with Crippen molar-refractivity contribution in [3.63, 3.8) is 0 Å². The lowest BCUT2D eigenvalue weighted by molar-refractivity contribution is -0.384. The molecule has 2 N–H and O–H groups in total. The van der Waals surface area contributed by atoms with Crippen molar-refractivity contribution in [1.29, 1.82) is 0 Å². The normalized spacial score (nSPS) is 10.0. The Labute approximate surface area is 121 Å². The van der Waals surface area contributed by atoms with Crippen LogP contribution in [-0.2, 0) is 0 Å². The molecule has 0 unspecified atom stereocenters. The molecule has 0 aliphatic carbocycles. The molecule has 0 aliphatic rings. The number of hydrogen-bond donors (Lipinski definition) is 2. The number of anilines is 3. The first-order valence-corrected chi connectivity index (χ1v) is 6.33. The summed E-state index contributed by atoms with van der Waals surface area (Å²) in [4.78, 5) is 18.4. The highest BCUT2D eigenvalue weighted by Gasteiger charge is 2.17. The molecule has 0 bridgehead atoms. The van der Waals surface area contributed by atoms with Gasteiger partial charge in [-0.1, -0.05) is 0 Å². The van der Waals surface area contributed by atoms with Crippen LogP contribution < -0.4 is 15.4 Å². The van der Waals surface area contributed by atoms with Crippen molar-refractivity contribution in [3.05, 3.63) is 40.6 Å². The van der Waals surface area contributed by atoms with Crippen LogP contribution in [0.4, 0.5) is 23.1 Å². The van der Waals surface area contributed by atoms with E-state index in [-0.39, 0.29) is 11.5 Å². The fourth-order valence-electron chi connectivity index (χ4n) is 1.66. The first kappa shape index (κ1) is 14.5.